The molecule has 0 aromatic carbocycles. The standard InChI is InChI=1S/C14H27IO/c1-3-4-5-6-7-8-10-13(15)14(2)11-9-12-16-14/h13H,3-12H2,1-2H3/t13-,14-/m0/s1. The van der Waals surface area contributed by atoms with Gasteiger partial charge in [0.2, 0.25) is 0 Å². The third-order valence-corrected chi connectivity index (χ3v) is 5.66. The molecule has 0 amide bonds. The fraction of sp³-hybridized carbons (Fsp3) is 1.00. The lowest BCUT2D eigenvalue weighted by atomic mass is 9.94. The van der Waals surface area contributed by atoms with Crippen LogP contribution < -0.4 is 0 Å². The third kappa shape index (κ3) is 4.91. The van der Waals surface area contributed by atoms with Crippen molar-refractivity contribution in [3.8, 4) is 0 Å². The average Bonchev–Trinajstić information content (AvgIpc) is 2.71. The number of ether oxygens (including phenoxy) is 1. The normalized spacial score (nSPS) is 27.2. The maximum atomic E-state index is 5.89. The molecule has 0 aromatic rings. The smallest absolute Gasteiger partial charge is 0.0772 e. The Kier molecular flexibility index (Phi) is 7.29. The summed E-state index contributed by atoms with van der Waals surface area (Å²) in [6.45, 7) is 5.56. The second kappa shape index (κ2) is 7.91. The topological polar surface area (TPSA) is 9.23 Å². The maximum absolute atomic E-state index is 5.89. The van der Waals surface area contributed by atoms with Crippen LogP contribution in [0, 0.1) is 0 Å². The number of unbranched alkanes of at least 4 members (excludes halogenated alkanes) is 5. The minimum absolute atomic E-state index is 0.185. The molecule has 0 N–H and O–H groups in total. The molecule has 0 bridgehead atoms. The van der Waals surface area contributed by atoms with Crippen LogP contribution in [-0.2, 0) is 4.74 Å². The van der Waals surface area contributed by atoms with Crippen molar-refractivity contribution in [2.45, 2.75) is 81.2 Å². The summed E-state index contributed by atoms with van der Waals surface area (Å²) in [6, 6.07) is 0. The predicted molar refractivity (Wildman–Crippen MR) is 79.4 cm³/mol. The number of halogens is 1. The molecule has 0 spiro atoms. The zero-order chi connectivity index (χ0) is 11.9. The zero-order valence-corrected chi connectivity index (χ0v) is 13.1. The molecule has 16 heavy (non-hydrogen) atoms. The summed E-state index contributed by atoms with van der Waals surface area (Å²) in [5.41, 5.74) is 0.185. The van der Waals surface area contributed by atoms with Gasteiger partial charge in [-0.2, -0.15) is 0 Å². The molecule has 0 unspecified atom stereocenters. The van der Waals surface area contributed by atoms with E-state index in [2.05, 4.69) is 36.4 Å². The van der Waals surface area contributed by atoms with E-state index in [1.54, 1.807) is 0 Å². The quantitative estimate of drug-likeness (QED) is 0.339. The van der Waals surface area contributed by atoms with E-state index in [0.29, 0.717) is 3.92 Å². The fourth-order valence-corrected chi connectivity index (χ4v) is 3.39. The second-order valence-corrected chi connectivity index (χ2v) is 6.79. The molecule has 0 aliphatic carbocycles. The number of alkyl halides is 1. The molecule has 2 atom stereocenters. The van der Waals surface area contributed by atoms with Gasteiger partial charge in [0.15, 0.2) is 0 Å². The van der Waals surface area contributed by atoms with Crippen LogP contribution in [0.1, 0.15) is 71.6 Å². The lowest BCUT2D eigenvalue weighted by Crippen LogP contribution is -2.34. The molecule has 2 heteroatoms. The highest BCUT2D eigenvalue weighted by atomic mass is 127. The first-order valence-electron chi connectivity index (χ1n) is 6.97. The van der Waals surface area contributed by atoms with Crippen LogP contribution in [0.2, 0.25) is 0 Å². The maximum Gasteiger partial charge on any atom is 0.0772 e. The van der Waals surface area contributed by atoms with Crippen molar-refractivity contribution in [1.29, 1.82) is 0 Å². The summed E-state index contributed by atoms with van der Waals surface area (Å²) >= 11 is 2.60. The Balaban J connectivity index is 2.03. The van der Waals surface area contributed by atoms with Gasteiger partial charge >= 0.3 is 0 Å². The Morgan fingerprint density at radius 2 is 1.88 bits per heavy atom. The van der Waals surface area contributed by atoms with Gasteiger partial charge in [0.25, 0.3) is 0 Å². The zero-order valence-electron chi connectivity index (χ0n) is 10.9. The van der Waals surface area contributed by atoms with Crippen LogP contribution in [0.3, 0.4) is 0 Å². The fourth-order valence-electron chi connectivity index (χ4n) is 2.46. The minimum atomic E-state index is 0.185. The molecule has 1 heterocycles. The summed E-state index contributed by atoms with van der Waals surface area (Å²) < 4.78 is 6.60. The van der Waals surface area contributed by atoms with E-state index in [0.717, 1.165) is 6.61 Å². The lowest BCUT2D eigenvalue weighted by Gasteiger charge is -2.29. The molecule has 1 aliphatic heterocycles. The van der Waals surface area contributed by atoms with E-state index < -0.39 is 0 Å². The van der Waals surface area contributed by atoms with Crippen molar-refractivity contribution in [2.75, 3.05) is 6.61 Å². The summed E-state index contributed by atoms with van der Waals surface area (Å²) in [5, 5.41) is 0. The van der Waals surface area contributed by atoms with Gasteiger partial charge in [-0.1, -0.05) is 68.0 Å². The Morgan fingerprint density at radius 1 is 1.19 bits per heavy atom. The largest absolute Gasteiger partial charge is 0.374 e. The number of hydrogen-bond acceptors (Lipinski definition) is 1. The van der Waals surface area contributed by atoms with Gasteiger partial charge < -0.3 is 4.74 Å². The van der Waals surface area contributed by atoms with Gasteiger partial charge in [0.1, 0.15) is 0 Å². The highest BCUT2D eigenvalue weighted by Crippen LogP contribution is 2.35. The highest BCUT2D eigenvalue weighted by molar-refractivity contribution is 14.1. The Labute approximate surface area is 115 Å². The van der Waals surface area contributed by atoms with E-state index in [9.17, 15) is 0 Å². The van der Waals surface area contributed by atoms with Gasteiger partial charge in [-0.3, -0.25) is 0 Å². The first-order chi connectivity index (χ1) is 7.69. The van der Waals surface area contributed by atoms with Crippen LogP contribution in [0.15, 0.2) is 0 Å². The monoisotopic (exact) mass is 338 g/mol. The highest BCUT2D eigenvalue weighted by Gasteiger charge is 2.36. The van der Waals surface area contributed by atoms with Crippen molar-refractivity contribution in [2.24, 2.45) is 0 Å². The predicted octanol–water partition coefficient (Wildman–Crippen LogP) is 5.11. The molecule has 0 saturated carbocycles. The van der Waals surface area contributed by atoms with Crippen LogP contribution in [-0.4, -0.2) is 16.1 Å². The van der Waals surface area contributed by atoms with E-state index in [4.69, 9.17) is 4.74 Å². The van der Waals surface area contributed by atoms with E-state index >= 15 is 0 Å². The van der Waals surface area contributed by atoms with Crippen molar-refractivity contribution in [3.05, 3.63) is 0 Å². The van der Waals surface area contributed by atoms with Gasteiger partial charge in [-0.25, -0.2) is 0 Å². The van der Waals surface area contributed by atoms with Crippen molar-refractivity contribution in [3.63, 3.8) is 0 Å². The molecular weight excluding hydrogens is 311 g/mol. The van der Waals surface area contributed by atoms with E-state index in [1.165, 1.54) is 57.8 Å². The van der Waals surface area contributed by atoms with E-state index in [1.807, 2.05) is 0 Å². The third-order valence-electron chi connectivity index (χ3n) is 3.72. The second-order valence-electron chi connectivity index (χ2n) is 5.29. The summed E-state index contributed by atoms with van der Waals surface area (Å²) in [4.78, 5) is 0. The Hall–Kier alpha value is 0.690. The van der Waals surface area contributed by atoms with E-state index in [-0.39, 0.29) is 5.60 Å². The van der Waals surface area contributed by atoms with Crippen LogP contribution in [0.25, 0.3) is 0 Å². The first kappa shape index (κ1) is 14.7. The summed E-state index contributed by atoms with van der Waals surface area (Å²) in [5.74, 6) is 0. The molecule has 96 valence electrons. The molecule has 1 saturated heterocycles. The molecule has 0 aromatic heterocycles. The molecule has 1 nitrogen and oxygen atoms in total. The van der Waals surface area contributed by atoms with Crippen LogP contribution >= 0.6 is 22.6 Å². The number of rotatable bonds is 8. The van der Waals surface area contributed by atoms with Crippen molar-refractivity contribution < 1.29 is 4.74 Å². The minimum Gasteiger partial charge on any atom is -0.374 e. The lowest BCUT2D eigenvalue weighted by molar-refractivity contribution is 0.0203. The van der Waals surface area contributed by atoms with Crippen LogP contribution in [0.5, 0.6) is 0 Å². The van der Waals surface area contributed by atoms with Crippen molar-refractivity contribution in [1.82, 2.24) is 0 Å². The molecule has 1 fully saturated rings. The molecule has 1 rings (SSSR count). The van der Waals surface area contributed by atoms with Crippen LogP contribution in [0.4, 0.5) is 0 Å². The number of hydrogen-bond donors (Lipinski definition) is 0. The Morgan fingerprint density at radius 3 is 2.50 bits per heavy atom. The summed E-state index contributed by atoms with van der Waals surface area (Å²) in [7, 11) is 0. The van der Waals surface area contributed by atoms with Gasteiger partial charge in [0, 0.05) is 10.5 Å². The van der Waals surface area contributed by atoms with Gasteiger partial charge in [-0.05, 0) is 26.2 Å². The average molecular weight is 338 g/mol. The Bertz CT molecular complexity index is 176. The molecule has 1 aliphatic rings. The van der Waals surface area contributed by atoms with Gasteiger partial charge in [0.05, 0.1) is 5.60 Å². The van der Waals surface area contributed by atoms with Crippen molar-refractivity contribution >= 4 is 22.6 Å². The SMILES string of the molecule is CCCCCCCC[C@H](I)[C@]1(C)CCCO1. The first-order valence-corrected chi connectivity index (χ1v) is 8.21. The molecular formula is C14H27IO. The summed E-state index contributed by atoms with van der Waals surface area (Å²) in [6.07, 6.45) is 12.3. The molecule has 0 radical (unpaired) electrons. The van der Waals surface area contributed by atoms with Gasteiger partial charge in [-0.15, -0.1) is 0 Å².